The zero-order valence-electron chi connectivity index (χ0n) is 21.0. The van der Waals surface area contributed by atoms with Gasteiger partial charge in [0.05, 0.1) is 20.6 Å². The van der Waals surface area contributed by atoms with Crippen molar-refractivity contribution in [1.29, 1.82) is 0 Å². The average Bonchev–Trinajstić information content (AvgIpc) is 3.33. The molecule has 7 nitrogen and oxygen atoms in total. The SMILES string of the molecule is COc1ccc2c(-c3ccccc3)c(C(=O)NC3CCN(C(=O)Cc4ccccc4OC)CC3)oc2c1. The van der Waals surface area contributed by atoms with Crippen molar-refractivity contribution in [2.24, 2.45) is 0 Å². The van der Waals surface area contributed by atoms with Gasteiger partial charge in [-0.25, -0.2) is 0 Å². The van der Waals surface area contributed by atoms with Crippen LogP contribution >= 0.6 is 0 Å². The second-order valence-electron chi connectivity index (χ2n) is 9.15. The molecule has 1 fully saturated rings. The molecule has 5 rings (SSSR count). The molecule has 1 aliphatic rings. The Bertz CT molecular complexity index is 1400. The van der Waals surface area contributed by atoms with Gasteiger partial charge in [0.25, 0.3) is 5.91 Å². The molecule has 1 aliphatic heterocycles. The predicted octanol–water partition coefficient (Wildman–Crippen LogP) is 5.08. The summed E-state index contributed by atoms with van der Waals surface area (Å²) in [7, 11) is 3.21. The lowest BCUT2D eigenvalue weighted by molar-refractivity contribution is -0.131. The van der Waals surface area contributed by atoms with E-state index in [0.29, 0.717) is 43.7 Å². The monoisotopic (exact) mass is 498 g/mol. The number of rotatable bonds is 7. The zero-order valence-corrected chi connectivity index (χ0v) is 21.0. The van der Waals surface area contributed by atoms with E-state index in [1.807, 2.05) is 71.6 Å². The van der Waals surface area contributed by atoms with Gasteiger partial charge in [0.2, 0.25) is 11.7 Å². The number of amides is 2. The van der Waals surface area contributed by atoms with Crippen LogP contribution in [0.5, 0.6) is 11.5 Å². The molecule has 0 bridgehead atoms. The first-order chi connectivity index (χ1) is 18.1. The number of carbonyl (C=O) groups is 2. The molecule has 0 saturated carbocycles. The van der Waals surface area contributed by atoms with Gasteiger partial charge in [0, 0.05) is 41.7 Å². The molecule has 190 valence electrons. The van der Waals surface area contributed by atoms with Gasteiger partial charge in [-0.05, 0) is 36.6 Å². The van der Waals surface area contributed by atoms with Crippen molar-refractivity contribution in [3.8, 4) is 22.6 Å². The van der Waals surface area contributed by atoms with Gasteiger partial charge in [-0.15, -0.1) is 0 Å². The van der Waals surface area contributed by atoms with E-state index in [1.165, 1.54) is 0 Å². The highest BCUT2D eigenvalue weighted by atomic mass is 16.5. The molecule has 3 aromatic carbocycles. The van der Waals surface area contributed by atoms with Crippen LogP contribution in [0.3, 0.4) is 0 Å². The third-order valence-corrected chi connectivity index (χ3v) is 6.88. The van der Waals surface area contributed by atoms with Gasteiger partial charge < -0.3 is 24.1 Å². The fourth-order valence-electron chi connectivity index (χ4n) is 4.90. The van der Waals surface area contributed by atoms with Crippen LogP contribution in [0.25, 0.3) is 22.1 Å². The van der Waals surface area contributed by atoms with E-state index >= 15 is 0 Å². The van der Waals surface area contributed by atoms with Gasteiger partial charge in [0.1, 0.15) is 17.1 Å². The van der Waals surface area contributed by atoms with Crippen molar-refractivity contribution < 1.29 is 23.5 Å². The van der Waals surface area contributed by atoms with Crippen molar-refractivity contribution in [3.63, 3.8) is 0 Å². The number of furan rings is 1. The molecular formula is C30H30N2O5. The largest absolute Gasteiger partial charge is 0.497 e. The smallest absolute Gasteiger partial charge is 0.287 e. The van der Waals surface area contributed by atoms with Crippen molar-refractivity contribution in [2.45, 2.75) is 25.3 Å². The Hall–Kier alpha value is -4.26. The van der Waals surface area contributed by atoms with E-state index in [2.05, 4.69) is 5.32 Å². The Balaban J connectivity index is 1.28. The fraction of sp³-hybridized carbons (Fsp3) is 0.267. The van der Waals surface area contributed by atoms with Gasteiger partial charge >= 0.3 is 0 Å². The van der Waals surface area contributed by atoms with Crippen molar-refractivity contribution >= 4 is 22.8 Å². The number of fused-ring (bicyclic) bond motifs is 1. The third-order valence-electron chi connectivity index (χ3n) is 6.88. The Morgan fingerprint density at radius 3 is 2.41 bits per heavy atom. The van der Waals surface area contributed by atoms with Crippen LogP contribution in [-0.2, 0) is 11.2 Å². The molecule has 0 radical (unpaired) electrons. The summed E-state index contributed by atoms with van der Waals surface area (Å²) < 4.78 is 16.8. The molecule has 2 amide bonds. The van der Waals surface area contributed by atoms with Crippen LogP contribution in [0.15, 0.2) is 77.2 Å². The summed E-state index contributed by atoms with van der Waals surface area (Å²) in [6, 6.07) is 22.9. The van der Waals surface area contributed by atoms with E-state index < -0.39 is 0 Å². The number of ether oxygens (including phenoxy) is 2. The molecule has 0 atom stereocenters. The second-order valence-corrected chi connectivity index (χ2v) is 9.15. The summed E-state index contributed by atoms with van der Waals surface area (Å²) in [5.41, 5.74) is 3.15. The molecule has 37 heavy (non-hydrogen) atoms. The minimum atomic E-state index is -0.257. The number of nitrogens with one attached hydrogen (secondary N) is 1. The minimum absolute atomic E-state index is 0.0471. The first-order valence-electron chi connectivity index (χ1n) is 12.4. The van der Waals surface area contributed by atoms with E-state index in [4.69, 9.17) is 13.9 Å². The van der Waals surface area contributed by atoms with Gasteiger partial charge in [-0.2, -0.15) is 0 Å². The summed E-state index contributed by atoms with van der Waals surface area (Å²) in [5.74, 6) is 1.47. The molecule has 4 aromatic rings. The summed E-state index contributed by atoms with van der Waals surface area (Å²) in [6.07, 6.45) is 1.65. The number of nitrogens with zero attached hydrogens (tertiary/aromatic N) is 1. The zero-order chi connectivity index (χ0) is 25.8. The maximum Gasteiger partial charge on any atom is 0.287 e. The topological polar surface area (TPSA) is 81.0 Å². The van der Waals surface area contributed by atoms with Crippen LogP contribution in [0.1, 0.15) is 29.0 Å². The summed E-state index contributed by atoms with van der Waals surface area (Å²) in [4.78, 5) is 28.2. The molecule has 0 spiro atoms. The Labute approximate surface area is 216 Å². The Morgan fingerprint density at radius 2 is 1.68 bits per heavy atom. The highest BCUT2D eigenvalue weighted by Gasteiger charge is 2.28. The maximum atomic E-state index is 13.4. The number of hydrogen-bond donors (Lipinski definition) is 1. The number of methoxy groups -OCH3 is 2. The highest BCUT2D eigenvalue weighted by Crippen LogP contribution is 2.36. The number of carbonyl (C=O) groups excluding carboxylic acids is 2. The van der Waals surface area contributed by atoms with Crippen LogP contribution < -0.4 is 14.8 Å². The molecule has 0 unspecified atom stereocenters. The predicted molar refractivity (Wildman–Crippen MR) is 142 cm³/mol. The molecule has 0 aliphatic carbocycles. The lowest BCUT2D eigenvalue weighted by Gasteiger charge is -2.32. The standard InChI is InChI=1S/C30H30N2O5/c1-35-23-12-13-24-26(19-23)37-29(28(24)20-8-4-3-5-9-20)30(34)31-22-14-16-32(17-15-22)27(33)18-21-10-6-7-11-25(21)36-2/h3-13,19,22H,14-18H2,1-2H3,(H,31,34). The molecule has 1 N–H and O–H groups in total. The number of likely N-dealkylation sites (tertiary alicyclic amines) is 1. The Morgan fingerprint density at radius 1 is 0.946 bits per heavy atom. The van der Waals surface area contributed by atoms with Gasteiger partial charge in [0.15, 0.2) is 0 Å². The van der Waals surface area contributed by atoms with Crippen molar-refractivity contribution in [3.05, 3.63) is 84.1 Å². The van der Waals surface area contributed by atoms with E-state index in [9.17, 15) is 9.59 Å². The van der Waals surface area contributed by atoms with Crippen molar-refractivity contribution in [2.75, 3.05) is 27.3 Å². The lowest BCUT2D eigenvalue weighted by Crippen LogP contribution is -2.47. The number of para-hydroxylation sites is 1. The highest BCUT2D eigenvalue weighted by molar-refractivity contribution is 6.08. The average molecular weight is 499 g/mol. The molecular weight excluding hydrogens is 468 g/mol. The lowest BCUT2D eigenvalue weighted by atomic mass is 10.0. The maximum absolute atomic E-state index is 13.4. The van der Waals surface area contributed by atoms with E-state index in [0.717, 1.165) is 27.8 Å². The van der Waals surface area contributed by atoms with Gasteiger partial charge in [-0.3, -0.25) is 9.59 Å². The van der Waals surface area contributed by atoms with Gasteiger partial charge in [-0.1, -0.05) is 48.5 Å². The van der Waals surface area contributed by atoms with Crippen LogP contribution in [0, 0.1) is 0 Å². The van der Waals surface area contributed by atoms with Crippen LogP contribution in [0.4, 0.5) is 0 Å². The Kier molecular flexibility index (Phi) is 7.12. The first kappa shape index (κ1) is 24.4. The molecule has 7 heteroatoms. The second kappa shape index (κ2) is 10.8. The normalized spacial score (nSPS) is 13.9. The van der Waals surface area contributed by atoms with Crippen molar-refractivity contribution in [1.82, 2.24) is 10.2 Å². The van der Waals surface area contributed by atoms with Crippen LogP contribution in [-0.4, -0.2) is 50.1 Å². The molecule has 1 aromatic heterocycles. The summed E-state index contributed by atoms with van der Waals surface area (Å²) >= 11 is 0. The third kappa shape index (κ3) is 5.16. The molecule has 1 saturated heterocycles. The van der Waals surface area contributed by atoms with Crippen LogP contribution in [0.2, 0.25) is 0 Å². The number of hydrogen-bond acceptors (Lipinski definition) is 5. The summed E-state index contributed by atoms with van der Waals surface area (Å²) in [5, 5.41) is 4.00. The fourth-order valence-corrected chi connectivity index (χ4v) is 4.90. The number of piperidine rings is 1. The first-order valence-corrected chi connectivity index (χ1v) is 12.4. The number of benzene rings is 3. The quantitative estimate of drug-likeness (QED) is 0.384. The van der Waals surface area contributed by atoms with E-state index in [1.54, 1.807) is 20.3 Å². The minimum Gasteiger partial charge on any atom is -0.497 e. The summed E-state index contributed by atoms with van der Waals surface area (Å²) in [6.45, 7) is 1.17. The van der Waals surface area contributed by atoms with E-state index in [-0.39, 0.29) is 23.6 Å². The molecule has 2 heterocycles.